The number of amides is 1. The lowest BCUT2D eigenvalue weighted by Gasteiger charge is -2.38. The fourth-order valence-electron chi connectivity index (χ4n) is 3.41. The van der Waals surface area contributed by atoms with Crippen molar-refractivity contribution >= 4 is 11.6 Å². The first kappa shape index (κ1) is 21.2. The van der Waals surface area contributed by atoms with Gasteiger partial charge in [0.2, 0.25) is 0 Å². The van der Waals surface area contributed by atoms with Gasteiger partial charge in [-0.1, -0.05) is 13.8 Å². The Kier molecular flexibility index (Phi) is 8.12. The van der Waals surface area contributed by atoms with Gasteiger partial charge in [-0.15, -0.1) is 0 Å². The van der Waals surface area contributed by atoms with Crippen LogP contribution in [0.1, 0.15) is 50.9 Å². The van der Waals surface area contributed by atoms with E-state index in [0.29, 0.717) is 37.0 Å². The van der Waals surface area contributed by atoms with Gasteiger partial charge in [-0.2, -0.15) is 5.26 Å². The van der Waals surface area contributed by atoms with Crippen LogP contribution in [0.25, 0.3) is 0 Å². The second-order valence-electron chi connectivity index (χ2n) is 8.05. The highest BCUT2D eigenvalue weighted by Gasteiger charge is 2.20. The van der Waals surface area contributed by atoms with Crippen LogP contribution < -0.4 is 4.90 Å². The van der Waals surface area contributed by atoms with Gasteiger partial charge in [-0.3, -0.25) is 9.69 Å². The highest BCUT2D eigenvalue weighted by molar-refractivity contribution is 5.94. The summed E-state index contributed by atoms with van der Waals surface area (Å²) in [6.07, 6.45) is 1.33. The van der Waals surface area contributed by atoms with Gasteiger partial charge in [-0.05, 0) is 50.5 Å². The number of benzene rings is 1. The number of nitrogens with zero attached hydrogens (tertiary/aromatic N) is 4. The van der Waals surface area contributed by atoms with Crippen LogP contribution in [-0.4, -0.2) is 61.0 Å². The predicted octanol–water partition coefficient (Wildman–Crippen LogP) is 3.62. The standard InChI is InChI=1S/C22H34N4O/c1-18(2)10-13-26(12-5-11-23)22(27)20-6-8-21(9-7-20)25-16-14-24(15-17-25)19(3)4/h6-9,18-19H,5,10,12-17H2,1-4H3. The van der Waals surface area contributed by atoms with Crippen molar-refractivity contribution in [1.29, 1.82) is 5.26 Å². The summed E-state index contributed by atoms with van der Waals surface area (Å²) < 4.78 is 0. The molecule has 1 aliphatic rings. The van der Waals surface area contributed by atoms with Crippen LogP contribution in [0.2, 0.25) is 0 Å². The van der Waals surface area contributed by atoms with E-state index in [1.54, 1.807) is 0 Å². The molecule has 0 aromatic heterocycles. The van der Waals surface area contributed by atoms with Crippen LogP contribution in [0.15, 0.2) is 24.3 Å². The number of carbonyl (C=O) groups is 1. The summed E-state index contributed by atoms with van der Waals surface area (Å²) in [5.41, 5.74) is 1.89. The van der Waals surface area contributed by atoms with Crippen molar-refractivity contribution in [3.05, 3.63) is 29.8 Å². The van der Waals surface area contributed by atoms with Gasteiger partial charge in [-0.25, -0.2) is 0 Å². The normalized spacial score (nSPS) is 15.2. The first-order chi connectivity index (χ1) is 12.9. The van der Waals surface area contributed by atoms with Crippen molar-refractivity contribution in [3.8, 4) is 6.07 Å². The average molecular weight is 371 g/mol. The van der Waals surface area contributed by atoms with Crippen molar-refractivity contribution in [2.45, 2.75) is 46.6 Å². The quantitative estimate of drug-likeness (QED) is 0.701. The molecule has 0 unspecified atom stereocenters. The van der Waals surface area contributed by atoms with E-state index in [2.05, 4.69) is 55.7 Å². The molecule has 0 radical (unpaired) electrons. The summed E-state index contributed by atoms with van der Waals surface area (Å²) in [4.78, 5) is 19.6. The van der Waals surface area contributed by atoms with Crippen LogP contribution in [0.4, 0.5) is 5.69 Å². The Bertz CT molecular complexity index is 625. The Morgan fingerprint density at radius 1 is 1.07 bits per heavy atom. The van der Waals surface area contributed by atoms with Gasteiger partial charge in [0.15, 0.2) is 0 Å². The molecule has 27 heavy (non-hydrogen) atoms. The maximum Gasteiger partial charge on any atom is 0.253 e. The van der Waals surface area contributed by atoms with E-state index in [9.17, 15) is 4.79 Å². The van der Waals surface area contributed by atoms with E-state index in [1.807, 2.05) is 17.0 Å². The first-order valence-electron chi connectivity index (χ1n) is 10.2. The monoisotopic (exact) mass is 370 g/mol. The molecule has 1 aromatic rings. The molecule has 0 bridgehead atoms. The number of rotatable bonds is 8. The van der Waals surface area contributed by atoms with Crippen LogP contribution in [-0.2, 0) is 0 Å². The van der Waals surface area contributed by atoms with Gasteiger partial charge < -0.3 is 9.80 Å². The van der Waals surface area contributed by atoms with E-state index in [4.69, 9.17) is 5.26 Å². The summed E-state index contributed by atoms with van der Waals surface area (Å²) in [7, 11) is 0. The van der Waals surface area contributed by atoms with E-state index in [-0.39, 0.29) is 5.91 Å². The summed E-state index contributed by atoms with van der Waals surface area (Å²) in [6, 6.07) is 10.7. The van der Waals surface area contributed by atoms with Crippen LogP contribution in [0.3, 0.4) is 0 Å². The van der Waals surface area contributed by atoms with E-state index >= 15 is 0 Å². The van der Waals surface area contributed by atoms with Gasteiger partial charge in [0.1, 0.15) is 0 Å². The molecule has 1 heterocycles. The molecule has 0 saturated carbocycles. The first-order valence-corrected chi connectivity index (χ1v) is 10.2. The van der Waals surface area contributed by atoms with E-state index in [1.165, 1.54) is 5.69 Å². The molecule has 1 aliphatic heterocycles. The number of piperazine rings is 1. The van der Waals surface area contributed by atoms with E-state index < -0.39 is 0 Å². The zero-order valence-corrected chi connectivity index (χ0v) is 17.3. The highest BCUT2D eigenvalue weighted by atomic mass is 16.2. The fraction of sp³-hybridized carbons (Fsp3) is 0.636. The molecular formula is C22H34N4O. The minimum absolute atomic E-state index is 0.0297. The molecule has 5 nitrogen and oxygen atoms in total. The molecule has 1 saturated heterocycles. The Labute approximate surface area is 164 Å². The third kappa shape index (κ3) is 6.25. The van der Waals surface area contributed by atoms with Crippen LogP contribution >= 0.6 is 0 Å². The molecule has 0 aliphatic carbocycles. The Morgan fingerprint density at radius 3 is 2.22 bits per heavy atom. The largest absolute Gasteiger partial charge is 0.369 e. The molecule has 0 atom stereocenters. The molecule has 148 valence electrons. The zero-order valence-electron chi connectivity index (χ0n) is 17.3. The van der Waals surface area contributed by atoms with Crippen molar-refractivity contribution in [1.82, 2.24) is 9.80 Å². The lowest BCUT2D eigenvalue weighted by molar-refractivity contribution is 0.0752. The Hall–Kier alpha value is -2.06. The fourth-order valence-corrected chi connectivity index (χ4v) is 3.41. The van der Waals surface area contributed by atoms with Gasteiger partial charge in [0.05, 0.1) is 12.5 Å². The second-order valence-corrected chi connectivity index (χ2v) is 8.05. The highest BCUT2D eigenvalue weighted by Crippen LogP contribution is 2.19. The number of hydrogen-bond acceptors (Lipinski definition) is 4. The molecular weight excluding hydrogens is 336 g/mol. The van der Waals surface area contributed by atoms with Gasteiger partial charge in [0, 0.05) is 56.6 Å². The lowest BCUT2D eigenvalue weighted by Crippen LogP contribution is -2.48. The van der Waals surface area contributed by atoms with Gasteiger partial charge >= 0.3 is 0 Å². The molecule has 5 heteroatoms. The van der Waals surface area contributed by atoms with Crippen molar-refractivity contribution in [2.24, 2.45) is 5.92 Å². The molecule has 0 N–H and O–H groups in total. The van der Waals surface area contributed by atoms with Crippen molar-refractivity contribution in [3.63, 3.8) is 0 Å². The maximum atomic E-state index is 12.9. The molecule has 1 aromatic carbocycles. The van der Waals surface area contributed by atoms with Crippen LogP contribution in [0.5, 0.6) is 0 Å². The number of anilines is 1. The Balaban J connectivity index is 1.99. The minimum Gasteiger partial charge on any atom is -0.369 e. The SMILES string of the molecule is CC(C)CCN(CCC#N)C(=O)c1ccc(N2CCN(C(C)C)CC2)cc1. The smallest absolute Gasteiger partial charge is 0.253 e. The zero-order chi connectivity index (χ0) is 19.8. The molecule has 1 fully saturated rings. The van der Waals surface area contributed by atoms with Crippen LogP contribution in [0, 0.1) is 17.2 Å². The molecule has 1 amide bonds. The Morgan fingerprint density at radius 2 is 1.70 bits per heavy atom. The number of hydrogen-bond donors (Lipinski definition) is 0. The third-order valence-corrected chi connectivity index (χ3v) is 5.28. The van der Waals surface area contributed by atoms with Gasteiger partial charge in [0.25, 0.3) is 5.91 Å². The summed E-state index contributed by atoms with van der Waals surface area (Å²) in [6.45, 7) is 14.2. The minimum atomic E-state index is 0.0297. The van der Waals surface area contributed by atoms with Crippen molar-refractivity contribution < 1.29 is 4.79 Å². The maximum absolute atomic E-state index is 12.9. The summed E-state index contributed by atoms with van der Waals surface area (Å²) in [5, 5.41) is 8.88. The molecule has 2 rings (SSSR count). The lowest BCUT2D eigenvalue weighted by atomic mass is 10.1. The predicted molar refractivity (Wildman–Crippen MR) is 111 cm³/mol. The summed E-state index contributed by atoms with van der Waals surface area (Å²) >= 11 is 0. The topological polar surface area (TPSA) is 50.6 Å². The summed E-state index contributed by atoms with van der Waals surface area (Å²) in [5.74, 6) is 0.566. The average Bonchev–Trinajstić information content (AvgIpc) is 2.67. The number of nitriles is 1. The second kappa shape index (κ2) is 10.3. The molecule has 0 spiro atoms. The van der Waals surface area contributed by atoms with E-state index in [0.717, 1.165) is 32.6 Å². The van der Waals surface area contributed by atoms with Crippen molar-refractivity contribution in [2.75, 3.05) is 44.2 Å². The number of carbonyl (C=O) groups excluding carboxylic acids is 1. The third-order valence-electron chi connectivity index (χ3n) is 5.28.